The van der Waals surface area contributed by atoms with E-state index in [1.54, 1.807) is 17.9 Å². The Bertz CT molecular complexity index is 546. The van der Waals surface area contributed by atoms with Crippen molar-refractivity contribution in [1.29, 1.82) is 0 Å². The molecule has 7 heteroatoms. The van der Waals surface area contributed by atoms with E-state index in [4.69, 9.17) is 10.5 Å². The number of hydrogen-bond acceptors (Lipinski definition) is 5. The fraction of sp³-hybridized carbons (Fsp3) is 0.462. The Morgan fingerprint density at radius 3 is 2.80 bits per heavy atom. The third-order valence-corrected chi connectivity index (χ3v) is 3.54. The standard InChI is InChI=1S/C13H17N3O4/c1-7-3-4-15-12(10(7)11(14)17)16-6-8(20-2)5-9(16)13(18)19/h3-4,8-9H,5-6H2,1-2H3,(H2,14,17)(H,18,19). The van der Waals surface area contributed by atoms with E-state index in [9.17, 15) is 14.7 Å². The first-order valence-corrected chi connectivity index (χ1v) is 6.23. The van der Waals surface area contributed by atoms with E-state index < -0.39 is 17.9 Å². The molecule has 2 unspecified atom stereocenters. The van der Waals surface area contributed by atoms with E-state index in [1.165, 1.54) is 13.3 Å². The van der Waals surface area contributed by atoms with Gasteiger partial charge in [-0.2, -0.15) is 0 Å². The zero-order valence-electron chi connectivity index (χ0n) is 11.4. The molecule has 2 rings (SSSR count). The highest BCUT2D eigenvalue weighted by atomic mass is 16.5. The van der Waals surface area contributed by atoms with Crippen molar-refractivity contribution in [3.63, 3.8) is 0 Å². The number of carbonyl (C=O) groups is 2. The molecule has 1 aliphatic rings. The van der Waals surface area contributed by atoms with Crippen LogP contribution < -0.4 is 10.6 Å². The van der Waals surface area contributed by atoms with Crippen molar-refractivity contribution in [3.8, 4) is 0 Å². The summed E-state index contributed by atoms with van der Waals surface area (Å²) in [5, 5.41) is 9.32. The lowest BCUT2D eigenvalue weighted by molar-refractivity contribution is -0.138. The molecular formula is C13H17N3O4. The van der Waals surface area contributed by atoms with Gasteiger partial charge in [0.05, 0.1) is 11.7 Å². The van der Waals surface area contributed by atoms with Crippen molar-refractivity contribution in [3.05, 3.63) is 23.4 Å². The molecule has 0 spiro atoms. The monoisotopic (exact) mass is 279 g/mol. The van der Waals surface area contributed by atoms with Gasteiger partial charge in [0.2, 0.25) is 0 Å². The van der Waals surface area contributed by atoms with Gasteiger partial charge in [0.15, 0.2) is 0 Å². The largest absolute Gasteiger partial charge is 0.480 e. The van der Waals surface area contributed by atoms with Gasteiger partial charge in [-0.05, 0) is 18.6 Å². The molecule has 2 atom stereocenters. The molecule has 108 valence electrons. The number of rotatable bonds is 4. The second kappa shape index (κ2) is 5.46. The van der Waals surface area contributed by atoms with Gasteiger partial charge in [-0.25, -0.2) is 9.78 Å². The van der Waals surface area contributed by atoms with Crippen LogP contribution in [0.25, 0.3) is 0 Å². The van der Waals surface area contributed by atoms with Crippen LogP contribution in [0, 0.1) is 6.92 Å². The molecule has 0 saturated carbocycles. The lowest BCUT2D eigenvalue weighted by atomic mass is 10.1. The minimum Gasteiger partial charge on any atom is -0.480 e. The summed E-state index contributed by atoms with van der Waals surface area (Å²) in [6.07, 6.45) is 1.68. The van der Waals surface area contributed by atoms with Crippen LogP contribution in [0.2, 0.25) is 0 Å². The summed E-state index contributed by atoms with van der Waals surface area (Å²) in [7, 11) is 1.53. The summed E-state index contributed by atoms with van der Waals surface area (Å²) < 4.78 is 5.22. The predicted octanol–water partition coefficient (Wildman–Crippen LogP) is 0.167. The zero-order chi connectivity index (χ0) is 14.9. The number of methoxy groups -OCH3 is 1. The van der Waals surface area contributed by atoms with Crippen molar-refractivity contribution in [2.24, 2.45) is 5.73 Å². The van der Waals surface area contributed by atoms with Gasteiger partial charge in [-0.1, -0.05) is 0 Å². The summed E-state index contributed by atoms with van der Waals surface area (Å²) >= 11 is 0. The predicted molar refractivity (Wildman–Crippen MR) is 71.7 cm³/mol. The van der Waals surface area contributed by atoms with Gasteiger partial charge in [0, 0.05) is 26.3 Å². The summed E-state index contributed by atoms with van der Waals surface area (Å²) in [4.78, 5) is 28.7. The van der Waals surface area contributed by atoms with E-state index in [0.717, 1.165) is 0 Å². The van der Waals surface area contributed by atoms with E-state index in [2.05, 4.69) is 4.98 Å². The number of carboxylic acid groups (broad SMARTS) is 1. The number of nitrogens with zero attached hydrogens (tertiary/aromatic N) is 2. The maximum Gasteiger partial charge on any atom is 0.326 e. The van der Waals surface area contributed by atoms with Gasteiger partial charge in [-0.15, -0.1) is 0 Å². The van der Waals surface area contributed by atoms with Crippen LogP contribution in [0.15, 0.2) is 12.3 Å². The van der Waals surface area contributed by atoms with Gasteiger partial charge in [-0.3, -0.25) is 4.79 Å². The first kappa shape index (κ1) is 14.3. The molecule has 1 saturated heterocycles. The fourth-order valence-corrected chi connectivity index (χ4v) is 2.50. The van der Waals surface area contributed by atoms with Crippen LogP contribution in [0.1, 0.15) is 22.3 Å². The number of carbonyl (C=O) groups excluding carboxylic acids is 1. The van der Waals surface area contributed by atoms with Gasteiger partial charge >= 0.3 is 5.97 Å². The van der Waals surface area contributed by atoms with E-state index in [0.29, 0.717) is 24.3 Å². The number of anilines is 1. The smallest absolute Gasteiger partial charge is 0.326 e. The van der Waals surface area contributed by atoms with Crippen molar-refractivity contribution in [2.45, 2.75) is 25.5 Å². The average molecular weight is 279 g/mol. The van der Waals surface area contributed by atoms with Crippen LogP contribution in [-0.2, 0) is 9.53 Å². The molecule has 0 aromatic carbocycles. The minimum atomic E-state index is -0.969. The Morgan fingerprint density at radius 1 is 1.55 bits per heavy atom. The van der Waals surface area contributed by atoms with Gasteiger partial charge < -0.3 is 20.5 Å². The SMILES string of the molecule is COC1CC(C(=O)O)N(c2nccc(C)c2C(N)=O)C1. The fourth-order valence-electron chi connectivity index (χ4n) is 2.50. The third kappa shape index (κ3) is 2.44. The van der Waals surface area contributed by atoms with Crippen molar-refractivity contribution < 1.29 is 19.4 Å². The van der Waals surface area contributed by atoms with Crippen LogP contribution in [0.5, 0.6) is 0 Å². The second-order valence-electron chi connectivity index (χ2n) is 4.79. The molecule has 0 aliphatic carbocycles. The Hall–Kier alpha value is -2.15. The molecule has 2 heterocycles. The number of amides is 1. The number of carboxylic acids is 1. The summed E-state index contributed by atoms with van der Waals surface area (Å²) in [5.41, 5.74) is 6.32. The van der Waals surface area contributed by atoms with Crippen LogP contribution in [0.3, 0.4) is 0 Å². The van der Waals surface area contributed by atoms with Crippen LogP contribution in [0.4, 0.5) is 5.82 Å². The number of aromatic nitrogens is 1. The Balaban J connectivity index is 2.47. The van der Waals surface area contributed by atoms with E-state index in [1.807, 2.05) is 0 Å². The van der Waals surface area contributed by atoms with Crippen molar-refractivity contribution >= 4 is 17.7 Å². The quantitative estimate of drug-likeness (QED) is 0.813. The van der Waals surface area contributed by atoms with Crippen molar-refractivity contribution in [1.82, 2.24) is 4.98 Å². The first-order valence-electron chi connectivity index (χ1n) is 6.23. The lowest BCUT2D eigenvalue weighted by Crippen LogP contribution is -2.38. The number of aliphatic carboxylic acids is 1. The summed E-state index contributed by atoms with van der Waals surface area (Å²) in [6, 6.07) is 0.899. The maximum absolute atomic E-state index is 11.6. The van der Waals surface area contributed by atoms with Gasteiger partial charge in [0.25, 0.3) is 5.91 Å². The highest BCUT2D eigenvalue weighted by Gasteiger charge is 2.39. The van der Waals surface area contributed by atoms with Gasteiger partial charge in [0.1, 0.15) is 11.9 Å². The third-order valence-electron chi connectivity index (χ3n) is 3.54. The number of primary amides is 1. The second-order valence-corrected chi connectivity index (χ2v) is 4.79. The molecule has 1 aromatic rings. The number of ether oxygens (including phenoxy) is 1. The zero-order valence-corrected chi connectivity index (χ0v) is 11.4. The Kier molecular flexibility index (Phi) is 3.89. The van der Waals surface area contributed by atoms with Crippen LogP contribution >= 0.6 is 0 Å². The lowest BCUT2D eigenvalue weighted by Gasteiger charge is -2.24. The summed E-state index contributed by atoms with van der Waals surface area (Å²) in [5.74, 6) is -1.27. The Morgan fingerprint density at radius 2 is 2.25 bits per heavy atom. The highest BCUT2D eigenvalue weighted by molar-refractivity contribution is 5.99. The number of nitrogens with two attached hydrogens (primary N) is 1. The number of hydrogen-bond donors (Lipinski definition) is 2. The molecule has 1 aliphatic heterocycles. The normalized spacial score (nSPS) is 22.0. The molecule has 1 aromatic heterocycles. The molecule has 20 heavy (non-hydrogen) atoms. The Labute approximate surface area is 116 Å². The first-order chi connectivity index (χ1) is 9.45. The van der Waals surface area contributed by atoms with Crippen LogP contribution in [-0.4, -0.2) is 47.8 Å². The molecule has 0 radical (unpaired) electrons. The molecule has 7 nitrogen and oxygen atoms in total. The number of pyridine rings is 1. The molecule has 3 N–H and O–H groups in total. The minimum absolute atomic E-state index is 0.209. The number of aryl methyl sites for hydroxylation is 1. The molecule has 0 bridgehead atoms. The topological polar surface area (TPSA) is 106 Å². The van der Waals surface area contributed by atoms with E-state index in [-0.39, 0.29) is 11.7 Å². The van der Waals surface area contributed by atoms with E-state index >= 15 is 0 Å². The highest BCUT2D eigenvalue weighted by Crippen LogP contribution is 2.29. The molecule has 1 amide bonds. The van der Waals surface area contributed by atoms with Crippen molar-refractivity contribution in [2.75, 3.05) is 18.6 Å². The maximum atomic E-state index is 11.6. The summed E-state index contributed by atoms with van der Waals surface area (Å²) in [6.45, 7) is 2.11. The molecule has 1 fully saturated rings. The average Bonchev–Trinajstić information content (AvgIpc) is 2.82. The molecular weight excluding hydrogens is 262 g/mol.